The Morgan fingerprint density at radius 2 is 1.72 bits per heavy atom. The molecule has 0 aliphatic rings. The second-order valence-electron chi connectivity index (χ2n) is 5.75. The highest BCUT2D eigenvalue weighted by Crippen LogP contribution is 2.27. The number of nitrogens with zero attached hydrogens (tertiary/aromatic N) is 1. The van der Waals surface area contributed by atoms with Gasteiger partial charge in [0.2, 0.25) is 0 Å². The third kappa shape index (κ3) is 6.19. The lowest BCUT2D eigenvalue weighted by molar-refractivity contribution is -0.148. The molecule has 0 aliphatic heterocycles. The maximum absolute atomic E-state index is 12.7. The maximum atomic E-state index is 12.7. The first kappa shape index (κ1) is 21.7. The van der Waals surface area contributed by atoms with Crippen LogP contribution < -0.4 is 16.2 Å². The monoisotopic (exact) mass is 411 g/mol. The Morgan fingerprint density at radius 1 is 1.07 bits per heavy atom. The molecule has 2 rings (SSSR count). The van der Waals surface area contributed by atoms with E-state index in [1.165, 1.54) is 31.3 Å². The lowest BCUT2D eigenvalue weighted by atomic mass is 10.2. The van der Waals surface area contributed by atoms with E-state index in [9.17, 15) is 32.3 Å². The number of rotatable bonds is 6. The first-order valence-electron chi connectivity index (χ1n) is 8.15. The Morgan fingerprint density at radius 3 is 2.31 bits per heavy atom. The summed E-state index contributed by atoms with van der Waals surface area (Å²) in [6.07, 6.45) is -4.18. The Kier molecular flexibility index (Phi) is 6.75. The summed E-state index contributed by atoms with van der Waals surface area (Å²) >= 11 is 0. The van der Waals surface area contributed by atoms with Gasteiger partial charge >= 0.3 is 12.1 Å². The second kappa shape index (κ2) is 9.04. The van der Waals surface area contributed by atoms with Crippen molar-refractivity contribution in [3.05, 3.63) is 64.1 Å². The van der Waals surface area contributed by atoms with Crippen molar-refractivity contribution in [2.75, 3.05) is 19.0 Å². The molecule has 0 spiro atoms. The standard InChI is InChI=1S/C18H16F3N3O5/c1-22-17(28)11-2-5-13(6-3-11)23-14(25)10-29-16(27)9-24-8-12(18(19,20)21)4-7-15(24)26/h2-8H,9-10H2,1H3,(H,22,28)(H,23,25). The van der Waals surface area contributed by atoms with Gasteiger partial charge in [-0.3, -0.25) is 19.2 Å². The summed E-state index contributed by atoms with van der Waals surface area (Å²) < 4.78 is 43.3. The number of nitrogens with one attached hydrogen (secondary N) is 2. The number of alkyl halides is 3. The normalized spacial score (nSPS) is 10.9. The molecular formula is C18H16F3N3O5. The zero-order valence-corrected chi connectivity index (χ0v) is 15.1. The second-order valence-corrected chi connectivity index (χ2v) is 5.75. The van der Waals surface area contributed by atoms with E-state index in [0.29, 0.717) is 34.1 Å². The van der Waals surface area contributed by atoms with Crippen LogP contribution in [0.4, 0.5) is 18.9 Å². The summed E-state index contributed by atoms with van der Waals surface area (Å²) in [5.41, 5.74) is -1.20. The highest BCUT2D eigenvalue weighted by Gasteiger charge is 2.31. The number of anilines is 1. The number of benzene rings is 1. The van der Waals surface area contributed by atoms with Crippen LogP contribution in [0.3, 0.4) is 0 Å². The van der Waals surface area contributed by atoms with Crippen LogP contribution in [0.5, 0.6) is 0 Å². The van der Waals surface area contributed by atoms with Crippen molar-refractivity contribution in [3.63, 3.8) is 0 Å². The van der Waals surface area contributed by atoms with Crippen molar-refractivity contribution in [1.82, 2.24) is 9.88 Å². The summed E-state index contributed by atoms with van der Waals surface area (Å²) in [5.74, 6) is -2.07. The summed E-state index contributed by atoms with van der Waals surface area (Å²) in [5, 5.41) is 4.86. The molecule has 11 heteroatoms. The van der Waals surface area contributed by atoms with E-state index in [4.69, 9.17) is 0 Å². The van der Waals surface area contributed by atoms with Crippen molar-refractivity contribution in [1.29, 1.82) is 0 Å². The quantitative estimate of drug-likeness (QED) is 0.699. The minimum absolute atomic E-state index is 0.304. The smallest absolute Gasteiger partial charge is 0.417 e. The Bertz CT molecular complexity index is 968. The van der Waals surface area contributed by atoms with Crippen LogP contribution in [0.2, 0.25) is 0 Å². The fraction of sp³-hybridized carbons (Fsp3) is 0.222. The van der Waals surface area contributed by atoms with E-state index in [1.54, 1.807) is 0 Å². The summed E-state index contributed by atoms with van der Waals surface area (Å²) in [6, 6.07) is 7.16. The van der Waals surface area contributed by atoms with E-state index in [0.717, 1.165) is 0 Å². The number of hydrogen-bond acceptors (Lipinski definition) is 5. The molecular weight excluding hydrogens is 395 g/mol. The van der Waals surface area contributed by atoms with Crippen molar-refractivity contribution in [3.8, 4) is 0 Å². The molecule has 154 valence electrons. The van der Waals surface area contributed by atoms with Crippen molar-refractivity contribution < 1.29 is 32.3 Å². The molecule has 1 aromatic carbocycles. The summed E-state index contributed by atoms with van der Waals surface area (Å²) in [4.78, 5) is 46.6. The number of esters is 1. The number of aromatic nitrogens is 1. The number of carbonyl (C=O) groups excluding carboxylic acids is 3. The predicted octanol–water partition coefficient (Wildman–Crippen LogP) is 1.41. The first-order chi connectivity index (χ1) is 13.6. The third-order valence-electron chi connectivity index (χ3n) is 3.63. The van der Waals surface area contributed by atoms with Gasteiger partial charge in [-0.1, -0.05) is 0 Å². The zero-order chi connectivity index (χ0) is 21.6. The van der Waals surface area contributed by atoms with Crippen LogP contribution in [0, 0.1) is 0 Å². The van der Waals surface area contributed by atoms with Gasteiger partial charge in [0.15, 0.2) is 6.61 Å². The number of hydrogen-bond donors (Lipinski definition) is 2. The topological polar surface area (TPSA) is 106 Å². The van der Waals surface area contributed by atoms with Gasteiger partial charge in [-0.25, -0.2) is 0 Å². The molecule has 0 saturated carbocycles. The van der Waals surface area contributed by atoms with Crippen LogP contribution in [0.15, 0.2) is 47.4 Å². The lowest BCUT2D eigenvalue weighted by Gasteiger charge is -2.11. The number of pyridine rings is 1. The van der Waals surface area contributed by atoms with E-state index in [2.05, 4.69) is 15.4 Å². The fourth-order valence-electron chi connectivity index (χ4n) is 2.20. The average Bonchev–Trinajstić information content (AvgIpc) is 2.67. The van der Waals surface area contributed by atoms with E-state index in [-0.39, 0.29) is 5.91 Å². The molecule has 8 nitrogen and oxygen atoms in total. The molecule has 1 heterocycles. The van der Waals surface area contributed by atoms with Crippen molar-refractivity contribution >= 4 is 23.5 Å². The molecule has 2 N–H and O–H groups in total. The number of ether oxygens (including phenoxy) is 1. The first-order valence-corrected chi connectivity index (χ1v) is 8.15. The Labute approximate surface area is 162 Å². The van der Waals surface area contributed by atoms with Gasteiger partial charge in [0.05, 0.1) is 5.56 Å². The zero-order valence-electron chi connectivity index (χ0n) is 15.1. The molecule has 0 aliphatic carbocycles. The van der Waals surface area contributed by atoms with Gasteiger partial charge < -0.3 is 19.9 Å². The Hall–Kier alpha value is -3.63. The van der Waals surface area contributed by atoms with Gasteiger partial charge in [0.1, 0.15) is 6.54 Å². The molecule has 0 fully saturated rings. The Balaban J connectivity index is 1.90. The molecule has 29 heavy (non-hydrogen) atoms. The number of carbonyl (C=O) groups is 3. The van der Waals surface area contributed by atoms with Crippen LogP contribution in [-0.2, 0) is 27.0 Å². The number of amides is 2. The van der Waals surface area contributed by atoms with E-state index >= 15 is 0 Å². The molecule has 2 amide bonds. The van der Waals surface area contributed by atoms with Crippen molar-refractivity contribution in [2.45, 2.75) is 12.7 Å². The van der Waals surface area contributed by atoms with Gasteiger partial charge in [-0.2, -0.15) is 13.2 Å². The maximum Gasteiger partial charge on any atom is 0.417 e. The lowest BCUT2D eigenvalue weighted by Crippen LogP contribution is -2.28. The summed E-state index contributed by atoms with van der Waals surface area (Å²) in [6.45, 7) is -1.49. The average molecular weight is 411 g/mol. The number of halogens is 3. The van der Waals surface area contributed by atoms with Crippen LogP contribution in [0.1, 0.15) is 15.9 Å². The van der Waals surface area contributed by atoms with Gasteiger partial charge in [-0.05, 0) is 30.3 Å². The molecule has 0 bridgehead atoms. The minimum Gasteiger partial charge on any atom is -0.454 e. The van der Waals surface area contributed by atoms with Crippen LogP contribution in [0.25, 0.3) is 0 Å². The summed E-state index contributed by atoms with van der Waals surface area (Å²) in [7, 11) is 1.47. The molecule has 1 aromatic heterocycles. The highest BCUT2D eigenvalue weighted by molar-refractivity contribution is 5.96. The van der Waals surface area contributed by atoms with E-state index < -0.39 is 42.3 Å². The fourth-order valence-corrected chi connectivity index (χ4v) is 2.20. The van der Waals surface area contributed by atoms with Crippen molar-refractivity contribution in [2.24, 2.45) is 0 Å². The van der Waals surface area contributed by atoms with Crippen LogP contribution >= 0.6 is 0 Å². The SMILES string of the molecule is CNC(=O)c1ccc(NC(=O)COC(=O)Cn2cc(C(F)(F)F)ccc2=O)cc1. The molecule has 0 atom stereocenters. The molecule has 0 radical (unpaired) electrons. The highest BCUT2D eigenvalue weighted by atomic mass is 19.4. The van der Waals surface area contributed by atoms with Gasteiger partial charge in [0, 0.05) is 30.6 Å². The molecule has 0 unspecified atom stereocenters. The van der Waals surface area contributed by atoms with Gasteiger partial charge in [-0.15, -0.1) is 0 Å². The van der Waals surface area contributed by atoms with Gasteiger partial charge in [0.25, 0.3) is 17.4 Å². The third-order valence-corrected chi connectivity index (χ3v) is 3.63. The predicted molar refractivity (Wildman–Crippen MR) is 95.1 cm³/mol. The van der Waals surface area contributed by atoms with E-state index in [1.807, 2.05) is 0 Å². The largest absolute Gasteiger partial charge is 0.454 e. The van der Waals surface area contributed by atoms with Crippen LogP contribution in [-0.4, -0.2) is 36.0 Å². The molecule has 0 saturated heterocycles. The minimum atomic E-state index is -4.67. The molecule has 2 aromatic rings.